The molecule has 0 atom stereocenters. The van der Waals surface area contributed by atoms with Crippen LogP contribution in [-0.2, 0) is 0 Å². The second-order valence-electron chi connectivity index (χ2n) is 2.90. The van der Waals surface area contributed by atoms with Crippen LogP contribution in [0.25, 0.3) is 0 Å². The van der Waals surface area contributed by atoms with E-state index in [1.165, 1.54) is 0 Å². The largest absolute Gasteiger partial charge is 0.573 e. The van der Waals surface area contributed by atoms with Crippen LogP contribution in [0.5, 0.6) is 5.75 Å². The second kappa shape index (κ2) is 4.59. The third-order valence-electron chi connectivity index (χ3n) is 1.59. The molecule has 0 amide bonds. The first-order valence-corrected chi connectivity index (χ1v) is 4.86. The summed E-state index contributed by atoms with van der Waals surface area (Å²) >= 11 is 1.82. The zero-order chi connectivity index (χ0) is 13.3. The predicted octanol–water partition coefficient (Wildman–Crippen LogP) is 3.76. The zero-order valence-electron chi connectivity index (χ0n) is 7.89. The third kappa shape index (κ3) is 4.29. The van der Waals surface area contributed by atoms with Crippen LogP contribution in [-0.4, -0.2) is 17.0 Å². The Morgan fingerprint density at radius 3 is 2.24 bits per heavy atom. The van der Waals surface area contributed by atoms with Crippen molar-refractivity contribution in [3.63, 3.8) is 0 Å². The maximum Gasteiger partial charge on any atom is 0.573 e. The zero-order valence-corrected chi connectivity index (χ0v) is 9.48. The molecule has 0 radical (unpaired) electrons. The average Bonchev–Trinajstić information content (AvgIpc) is 2.12. The van der Waals surface area contributed by atoms with Crippen LogP contribution in [0.1, 0.15) is 10.4 Å². The van der Waals surface area contributed by atoms with Gasteiger partial charge in [-0.1, -0.05) is 12.1 Å². The van der Waals surface area contributed by atoms with E-state index in [1.54, 1.807) is 0 Å². The van der Waals surface area contributed by atoms with Gasteiger partial charge in [0, 0.05) is 5.56 Å². The monoisotopic (exact) mass is 318 g/mol. The number of hydrogen-bond acceptors (Lipinski definition) is 2. The summed E-state index contributed by atoms with van der Waals surface area (Å²) in [6.07, 6.45) is -4.95. The Hall–Kier alpha value is -1.18. The molecule has 0 fully saturated rings. The minimum atomic E-state index is -4.95. The van der Waals surface area contributed by atoms with Gasteiger partial charge in [0.25, 0.3) is 0 Å². The van der Waals surface area contributed by atoms with E-state index in [9.17, 15) is 26.7 Å². The van der Waals surface area contributed by atoms with Crippen molar-refractivity contribution in [1.82, 2.24) is 0 Å². The summed E-state index contributed by atoms with van der Waals surface area (Å²) in [5, 5.41) is 0. The summed E-state index contributed by atoms with van der Waals surface area (Å²) in [6, 6.07) is 3.45. The molecule has 8 heteroatoms. The lowest BCUT2D eigenvalue weighted by Gasteiger charge is -2.11. The van der Waals surface area contributed by atoms with E-state index in [0.717, 1.165) is 18.2 Å². The lowest BCUT2D eigenvalue weighted by molar-refractivity contribution is -0.274. The molecule has 0 saturated carbocycles. The Morgan fingerprint density at radius 1 is 1.18 bits per heavy atom. The van der Waals surface area contributed by atoms with E-state index in [2.05, 4.69) is 4.74 Å². The minimum absolute atomic E-state index is 0.588. The summed E-state index contributed by atoms with van der Waals surface area (Å²) in [4.78, 5) is 7.22. The number of ketones is 1. The maximum atomic E-state index is 12.6. The number of ether oxygens (including phenoxy) is 1. The normalized spacial score (nSPS) is 12.4. The highest BCUT2D eigenvalue weighted by atomic mass is 79.9. The number of carbonyl (C=O) groups is 1. The molecule has 2 nitrogen and oxygen atoms in total. The van der Waals surface area contributed by atoms with Gasteiger partial charge in [0.2, 0.25) is 5.78 Å². The summed E-state index contributed by atoms with van der Waals surface area (Å²) in [7, 11) is 0. The topological polar surface area (TPSA) is 26.3 Å². The van der Waals surface area contributed by atoms with E-state index >= 15 is 0 Å². The Bertz CT molecular complexity index is 424. The van der Waals surface area contributed by atoms with Crippen LogP contribution in [0.4, 0.5) is 22.0 Å². The first-order chi connectivity index (χ1) is 7.59. The first-order valence-electron chi connectivity index (χ1n) is 4.07. The molecule has 0 aliphatic rings. The van der Waals surface area contributed by atoms with Crippen LogP contribution >= 0.6 is 15.9 Å². The fourth-order valence-corrected chi connectivity index (χ4v) is 1.23. The van der Waals surface area contributed by atoms with Crippen molar-refractivity contribution in [2.45, 2.75) is 11.2 Å². The summed E-state index contributed by atoms with van der Waals surface area (Å²) < 4.78 is 64.2. The first kappa shape index (κ1) is 13.9. The molecule has 0 aromatic heterocycles. The number of Topliss-reactive ketones (excluding diaryl/α,β-unsaturated/α-hetero) is 1. The van der Waals surface area contributed by atoms with Crippen molar-refractivity contribution < 1.29 is 31.5 Å². The van der Waals surface area contributed by atoms with Crippen molar-refractivity contribution in [2.75, 3.05) is 0 Å². The molecule has 94 valence electrons. The Balaban J connectivity index is 2.98. The quantitative estimate of drug-likeness (QED) is 0.482. The molecule has 1 aromatic carbocycles. The van der Waals surface area contributed by atoms with Crippen LogP contribution < -0.4 is 4.74 Å². The van der Waals surface area contributed by atoms with E-state index in [4.69, 9.17) is 0 Å². The fraction of sp³-hybridized carbons (Fsp3) is 0.222. The van der Waals surface area contributed by atoms with Gasteiger partial charge in [-0.15, -0.1) is 13.2 Å². The van der Waals surface area contributed by atoms with E-state index in [-0.39, 0.29) is 0 Å². The van der Waals surface area contributed by atoms with E-state index in [1.807, 2.05) is 15.9 Å². The maximum absolute atomic E-state index is 12.6. The molecule has 17 heavy (non-hydrogen) atoms. The molecular formula is C9H4BrF5O2. The molecule has 0 aliphatic heterocycles. The molecule has 0 saturated heterocycles. The molecule has 0 unspecified atom stereocenters. The van der Waals surface area contributed by atoms with Crippen LogP contribution in [0.3, 0.4) is 0 Å². The Morgan fingerprint density at radius 2 is 1.76 bits per heavy atom. The standard InChI is InChI=1S/C9H4BrF5O2/c10-8(11,12)7(16)5-2-1-3-6(4-5)17-9(13,14)15/h1-4H. The van der Waals surface area contributed by atoms with Crippen LogP contribution in [0.2, 0.25) is 0 Å². The van der Waals surface area contributed by atoms with Crippen LogP contribution in [0, 0.1) is 0 Å². The van der Waals surface area contributed by atoms with Crippen molar-refractivity contribution in [3.05, 3.63) is 29.8 Å². The molecule has 0 aliphatic carbocycles. The SMILES string of the molecule is O=C(c1cccc(OC(F)(F)F)c1)C(F)(F)Br. The molecular weight excluding hydrogens is 315 g/mol. The highest BCUT2D eigenvalue weighted by Crippen LogP contribution is 2.29. The van der Waals surface area contributed by atoms with Gasteiger partial charge in [-0.05, 0) is 28.1 Å². The van der Waals surface area contributed by atoms with Gasteiger partial charge >= 0.3 is 11.2 Å². The van der Waals surface area contributed by atoms with Gasteiger partial charge < -0.3 is 4.74 Å². The van der Waals surface area contributed by atoms with Gasteiger partial charge in [0.05, 0.1) is 0 Å². The highest BCUT2D eigenvalue weighted by molar-refractivity contribution is 9.10. The summed E-state index contributed by atoms with van der Waals surface area (Å²) in [5.74, 6) is -2.38. The second-order valence-corrected chi connectivity index (χ2v) is 3.90. The number of benzene rings is 1. The van der Waals surface area contributed by atoms with E-state index < -0.39 is 28.3 Å². The smallest absolute Gasteiger partial charge is 0.406 e. The highest BCUT2D eigenvalue weighted by Gasteiger charge is 2.36. The number of halogens is 6. The third-order valence-corrected chi connectivity index (χ3v) is 1.95. The van der Waals surface area contributed by atoms with E-state index in [0.29, 0.717) is 6.07 Å². The van der Waals surface area contributed by atoms with Gasteiger partial charge in [0.1, 0.15) is 5.75 Å². The molecule has 0 heterocycles. The Kier molecular flexibility index (Phi) is 3.75. The molecule has 1 aromatic rings. The minimum Gasteiger partial charge on any atom is -0.406 e. The van der Waals surface area contributed by atoms with Gasteiger partial charge in [-0.25, -0.2) is 0 Å². The molecule has 0 N–H and O–H groups in total. The van der Waals surface area contributed by atoms with Crippen LogP contribution in [0.15, 0.2) is 24.3 Å². The fourth-order valence-electron chi connectivity index (χ4n) is 0.998. The van der Waals surface area contributed by atoms with Crippen molar-refractivity contribution in [1.29, 1.82) is 0 Å². The van der Waals surface area contributed by atoms with Gasteiger partial charge in [-0.2, -0.15) is 8.78 Å². The molecule has 0 bridgehead atoms. The summed E-state index contributed by atoms with van der Waals surface area (Å²) in [6.45, 7) is 0. The lowest BCUT2D eigenvalue weighted by atomic mass is 10.1. The number of hydrogen-bond donors (Lipinski definition) is 0. The van der Waals surface area contributed by atoms with Crippen molar-refractivity contribution in [2.24, 2.45) is 0 Å². The lowest BCUT2D eigenvalue weighted by Crippen LogP contribution is -2.21. The Labute approximate surface area is 100 Å². The molecule has 0 spiro atoms. The van der Waals surface area contributed by atoms with Crippen molar-refractivity contribution in [3.8, 4) is 5.75 Å². The number of rotatable bonds is 3. The predicted molar refractivity (Wildman–Crippen MR) is 51.3 cm³/mol. The van der Waals surface area contributed by atoms with Crippen molar-refractivity contribution >= 4 is 21.7 Å². The number of carbonyl (C=O) groups excluding carboxylic acids is 1. The summed E-state index contributed by atoms with van der Waals surface area (Å²) in [5.41, 5.74) is -0.589. The number of alkyl halides is 6. The molecule has 1 rings (SSSR count). The van der Waals surface area contributed by atoms with Gasteiger partial charge in [-0.3, -0.25) is 4.79 Å². The average molecular weight is 319 g/mol. The van der Waals surface area contributed by atoms with Gasteiger partial charge in [0.15, 0.2) is 0 Å².